The Labute approximate surface area is 148 Å². The Kier molecular flexibility index (Phi) is 4.61. The second kappa shape index (κ2) is 7.19. The predicted octanol–water partition coefficient (Wildman–Crippen LogP) is 4.31. The molecule has 1 saturated heterocycles. The number of rotatable bonds is 5. The number of aryl methyl sites for hydroxylation is 1. The van der Waals surface area contributed by atoms with E-state index >= 15 is 0 Å². The molecule has 4 heteroatoms. The molecule has 1 aromatic heterocycles. The van der Waals surface area contributed by atoms with E-state index in [4.69, 9.17) is 4.52 Å². The van der Waals surface area contributed by atoms with Gasteiger partial charge in [0, 0.05) is 12.5 Å². The third-order valence-corrected chi connectivity index (χ3v) is 4.96. The maximum absolute atomic E-state index is 5.51. The van der Waals surface area contributed by atoms with Crippen LogP contribution in [0.5, 0.6) is 0 Å². The van der Waals surface area contributed by atoms with Gasteiger partial charge in [0.15, 0.2) is 5.82 Å². The Morgan fingerprint density at radius 3 is 2.72 bits per heavy atom. The molecule has 128 valence electrons. The van der Waals surface area contributed by atoms with Crippen LogP contribution in [0, 0.1) is 6.92 Å². The summed E-state index contributed by atoms with van der Waals surface area (Å²) in [6.07, 6.45) is 3.12. The highest BCUT2D eigenvalue weighted by Gasteiger charge is 2.28. The van der Waals surface area contributed by atoms with Gasteiger partial charge in [-0.2, -0.15) is 4.98 Å². The minimum absolute atomic E-state index is 0.450. The monoisotopic (exact) mass is 333 g/mol. The quantitative estimate of drug-likeness (QED) is 0.698. The van der Waals surface area contributed by atoms with Crippen LogP contribution in [0.3, 0.4) is 0 Å². The van der Waals surface area contributed by atoms with E-state index < -0.39 is 0 Å². The van der Waals surface area contributed by atoms with Gasteiger partial charge >= 0.3 is 0 Å². The van der Waals surface area contributed by atoms with Gasteiger partial charge in [0.2, 0.25) is 5.89 Å². The summed E-state index contributed by atoms with van der Waals surface area (Å²) >= 11 is 0. The number of nitrogens with zero attached hydrogens (tertiary/aromatic N) is 3. The van der Waals surface area contributed by atoms with E-state index in [1.807, 2.05) is 18.2 Å². The first-order valence-corrected chi connectivity index (χ1v) is 8.94. The van der Waals surface area contributed by atoms with Gasteiger partial charge in [-0.25, -0.2) is 0 Å². The summed E-state index contributed by atoms with van der Waals surface area (Å²) in [7, 11) is 0. The molecule has 0 bridgehead atoms. The Balaban J connectivity index is 1.46. The van der Waals surface area contributed by atoms with Crippen LogP contribution in [0.2, 0.25) is 0 Å². The molecule has 2 aromatic carbocycles. The van der Waals surface area contributed by atoms with E-state index in [0.717, 1.165) is 18.9 Å². The fraction of sp³-hybridized carbons (Fsp3) is 0.333. The van der Waals surface area contributed by atoms with E-state index in [0.29, 0.717) is 18.4 Å². The smallest absolute Gasteiger partial charge is 0.240 e. The van der Waals surface area contributed by atoms with Gasteiger partial charge in [-0.15, -0.1) is 0 Å². The first-order valence-electron chi connectivity index (χ1n) is 8.94. The van der Waals surface area contributed by atoms with Crippen LogP contribution < -0.4 is 0 Å². The molecule has 0 unspecified atom stereocenters. The van der Waals surface area contributed by atoms with Crippen molar-refractivity contribution in [3.63, 3.8) is 0 Å². The van der Waals surface area contributed by atoms with E-state index in [-0.39, 0.29) is 0 Å². The van der Waals surface area contributed by atoms with E-state index in [2.05, 4.69) is 58.4 Å². The molecule has 0 saturated carbocycles. The van der Waals surface area contributed by atoms with Gasteiger partial charge in [0.1, 0.15) is 0 Å². The van der Waals surface area contributed by atoms with Crippen LogP contribution >= 0.6 is 0 Å². The number of benzene rings is 2. The lowest BCUT2D eigenvalue weighted by Gasteiger charge is -2.24. The molecule has 0 spiro atoms. The van der Waals surface area contributed by atoms with Crippen LogP contribution in [0.25, 0.3) is 0 Å². The molecule has 1 atom stereocenters. The largest absolute Gasteiger partial charge is 0.338 e. The Hall–Kier alpha value is -2.46. The van der Waals surface area contributed by atoms with Gasteiger partial charge in [0.25, 0.3) is 0 Å². The molecule has 0 aliphatic carbocycles. The SMILES string of the molecule is Cc1ccccc1[C@H]1CCCN1Cc1nc(Cc2ccccc2)no1. The summed E-state index contributed by atoms with van der Waals surface area (Å²) in [5, 5.41) is 4.16. The van der Waals surface area contributed by atoms with Crippen molar-refractivity contribution in [1.82, 2.24) is 15.0 Å². The first kappa shape index (κ1) is 16.0. The molecular formula is C21H23N3O. The highest BCUT2D eigenvalue weighted by Crippen LogP contribution is 2.34. The van der Waals surface area contributed by atoms with Crippen molar-refractivity contribution >= 4 is 0 Å². The molecule has 1 aliphatic heterocycles. The Morgan fingerprint density at radius 1 is 1.08 bits per heavy atom. The standard InChI is InChI=1S/C21H23N3O/c1-16-8-5-6-11-18(16)19-12-7-13-24(19)15-21-22-20(23-25-21)14-17-9-3-2-4-10-17/h2-6,8-11,19H,7,12-15H2,1H3/t19-/m1/s1. The average molecular weight is 333 g/mol. The van der Waals surface area contributed by atoms with Gasteiger partial charge in [-0.05, 0) is 43.0 Å². The number of hydrogen-bond donors (Lipinski definition) is 0. The number of likely N-dealkylation sites (tertiary alicyclic amines) is 1. The molecular weight excluding hydrogens is 310 g/mol. The topological polar surface area (TPSA) is 42.2 Å². The zero-order valence-corrected chi connectivity index (χ0v) is 14.6. The first-order chi connectivity index (χ1) is 12.3. The molecule has 2 heterocycles. The summed E-state index contributed by atoms with van der Waals surface area (Å²) in [4.78, 5) is 7.06. The summed E-state index contributed by atoms with van der Waals surface area (Å²) in [6.45, 7) is 3.99. The van der Waals surface area contributed by atoms with Crippen LogP contribution in [0.4, 0.5) is 0 Å². The average Bonchev–Trinajstić information content (AvgIpc) is 3.26. The summed E-state index contributed by atoms with van der Waals surface area (Å²) < 4.78 is 5.51. The van der Waals surface area contributed by atoms with Crippen LogP contribution in [0.1, 0.15) is 47.3 Å². The Morgan fingerprint density at radius 2 is 1.88 bits per heavy atom. The van der Waals surface area contributed by atoms with Gasteiger partial charge in [-0.3, -0.25) is 4.90 Å². The third-order valence-electron chi connectivity index (χ3n) is 4.96. The summed E-state index contributed by atoms with van der Waals surface area (Å²) in [5.41, 5.74) is 3.98. The van der Waals surface area contributed by atoms with Crippen molar-refractivity contribution in [2.24, 2.45) is 0 Å². The molecule has 25 heavy (non-hydrogen) atoms. The number of hydrogen-bond acceptors (Lipinski definition) is 4. The predicted molar refractivity (Wildman–Crippen MR) is 97.1 cm³/mol. The van der Waals surface area contributed by atoms with Crippen molar-refractivity contribution in [2.75, 3.05) is 6.54 Å². The van der Waals surface area contributed by atoms with Crippen molar-refractivity contribution in [3.8, 4) is 0 Å². The van der Waals surface area contributed by atoms with Crippen LogP contribution in [-0.2, 0) is 13.0 Å². The van der Waals surface area contributed by atoms with Crippen molar-refractivity contribution in [1.29, 1.82) is 0 Å². The molecule has 4 rings (SSSR count). The molecule has 3 aromatic rings. The molecule has 1 fully saturated rings. The van der Waals surface area contributed by atoms with Gasteiger partial charge in [0.05, 0.1) is 6.54 Å². The second-order valence-corrected chi connectivity index (χ2v) is 6.75. The normalized spacial score (nSPS) is 17.9. The molecule has 0 N–H and O–H groups in total. The summed E-state index contributed by atoms with van der Waals surface area (Å²) in [5.74, 6) is 1.47. The van der Waals surface area contributed by atoms with Crippen molar-refractivity contribution in [2.45, 2.75) is 38.8 Å². The highest BCUT2D eigenvalue weighted by molar-refractivity contribution is 5.29. The fourth-order valence-electron chi connectivity index (χ4n) is 3.71. The minimum atomic E-state index is 0.450. The van der Waals surface area contributed by atoms with Gasteiger partial charge < -0.3 is 4.52 Å². The lowest BCUT2D eigenvalue weighted by molar-refractivity contribution is 0.212. The molecule has 0 amide bonds. The van der Waals surface area contributed by atoms with E-state index in [1.54, 1.807) is 0 Å². The number of aromatic nitrogens is 2. The molecule has 0 radical (unpaired) electrons. The van der Waals surface area contributed by atoms with E-state index in [1.165, 1.54) is 29.5 Å². The fourth-order valence-corrected chi connectivity index (χ4v) is 3.71. The minimum Gasteiger partial charge on any atom is -0.338 e. The zero-order chi connectivity index (χ0) is 17.1. The second-order valence-electron chi connectivity index (χ2n) is 6.75. The molecule has 1 aliphatic rings. The van der Waals surface area contributed by atoms with Crippen LogP contribution in [0.15, 0.2) is 59.1 Å². The van der Waals surface area contributed by atoms with Crippen LogP contribution in [-0.4, -0.2) is 21.6 Å². The summed E-state index contributed by atoms with van der Waals surface area (Å²) in [6, 6.07) is 19.4. The zero-order valence-electron chi connectivity index (χ0n) is 14.6. The maximum atomic E-state index is 5.51. The lowest BCUT2D eigenvalue weighted by atomic mass is 9.99. The van der Waals surface area contributed by atoms with Crippen molar-refractivity contribution in [3.05, 3.63) is 83.0 Å². The highest BCUT2D eigenvalue weighted by atomic mass is 16.5. The van der Waals surface area contributed by atoms with Gasteiger partial charge in [-0.1, -0.05) is 59.8 Å². The van der Waals surface area contributed by atoms with E-state index in [9.17, 15) is 0 Å². The molecule has 4 nitrogen and oxygen atoms in total. The lowest BCUT2D eigenvalue weighted by Crippen LogP contribution is -2.23. The Bertz CT molecular complexity index is 828. The maximum Gasteiger partial charge on any atom is 0.240 e. The van der Waals surface area contributed by atoms with Crippen molar-refractivity contribution < 1.29 is 4.52 Å². The third kappa shape index (κ3) is 3.64.